The first-order chi connectivity index (χ1) is 19.1. The van der Waals surface area contributed by atoms with E-state index >= 15 is 0 Å². The summed E-state index contributed by atoms with van der Waals surface area (Å²) in [7, 11) is 0. The lowest BCUT2D eigenvalue weighted by Crippen LogP contribution is -2.32. The Labute approximate surface area is 229 Å². The van der Waals surface area contributed by atoms with Crippen LogP contribution < -0.4 is 16.4 Å². The van der Waals surface area contributed by atoms with Crippen LogP contribution in [0.4, 0.5) is 5.13 Å². The van der Waals surface area contributed by atoms with Gasteiger partial charge in [-0.2, -0.15) is 0 Å². The average molecular weight is 553 g/mol. The summed E-state index contributed by atoms with van der Waals surface area (Å²) in [6.45, 7) is 0.230. The molecule has 1 amide bonds. The zero-order chi connectivity index (χ0) is 26.8. The number of rotatable bonds is 7. The van der Waals surface area contributed by atoms with E-state index in [4.69, 9.17) is 5.41 Å². The van der Waals surface area contributed by atoms with Crippen molar-refractivity contribution in [3.8, 4) is 0 Å². The molecule has 0 bridgehead atoms. The second-order valence-corrected chi connectivity index (χ2v) is 10.7. The van der Waals surface area contributed by atoms with E-state index < -0.39 is 5.91 Å². The highest BCUT2D eigenvalue weighted by atomic mass is 32.2. The summed E-state index contributed by atoms with van der Waals surface area (Å²) in [5.74, 6) is 0.170. The fourth-order valence-electron chi connectivity index (χ4n) is 4.09. The van der Waals surface area contributed by atoms with E-state index in [2.05, 4.69) is 25.5 Å². The molecule has 0 spiro atoms. The number of aromatic nitrogens is 6. The van der Waals surface area contributed by atoms with Crippen LogP contribution in [-0.2, 0) is 12.3 Å². The van der Waals surface area contributed by atoms with Crippen molar-refractivity contribution in [2.24, 2.45) is 0 Å². The summed E-state index contributed by atoms with van der Waals surface area (Å²) in [6, 6.07) is 20.3. The number of pyridine rings is 3. The number of hydrogen-bond acceptors (Lipinski definition) is 9. The Kier molecular flexibility index (Phi) is 6.69. The molecule has 0 fully saturated rings. The number of thioether (sulfide) groups is 1. The molecule has 0 unspecified atom stereocenters. The fourth-order valence-corrected chi connectivity index (χ4v) is 5.79. The summed E-state index contributed by atoms with van der Waals surface area (Å²) in [5, 5.41) is 20.5. The van der Waals surface area contributed by atoms with Crippen LogP contribution in [0.5, 0.6) is 0 Å². The Balaban J connectivity index is 1.37. The van der Waals surface area contributed by atoms with E-state index in [1.807, 2.05) is 42.5 Å². The van der Waals surface area contributed by atoms with Crippen LogP contribution in [0.3, 0.4) is 0 Å². The molecule has 12 heteroatoms. The molecule has 10 nitrogen and oxygen atoms in total. The Bertz CT molecular complexity index is 1940. The normalized spacial score (nSPS) is 11.2. The number of fused-ring (bicyclic) bond motifs is 2. The standard InChI is InChI=1S/C27H20N8O2S2/c28-22-19(24(36)31-26-32-33-27(39-26)38-16-18-6-2-1-3-7-18)14-20-23(35(22)15-17-9-11-29-12-10-17)30-21-8-4-5-13-34(21)25(20)37/h1-14,28H,15-16H2,(H,31,32,36). The van der Waals surface area contributed by atoms with Crippen LogP contribution >= 0.6 is 23.1 Å². The quantitative estimate of drug-likeness (QED) is 0.174. The molecular formula is C27H20N8O2S2. The summed E-state index contributed by atoms with van der Waals surface area (Å²) in [5.41, 5.74) is 2.39. The molecule has 0 radical (unpaired) electrons. The van der Waals surface area contributed by atoms with E-state index in [1.54, 1.807) is 41.4 Å². The number of benzene rings is 1. The van der Waals surface area contributed by atoms with Gasteiger partial charge in [0, 0.05) is 24.3 Å². The third kappa shape index (κ3) is 5.07. The van der Waals surface area contributed by atoms with Crippen LogP contribution in [0.1, 0.15) is 21.5 Å². The molecule has 0 saturated carbocycles. The zero-order valence-corrected chi connectivity index (χ0v) is 21.9. The van der Waals surface area contributed by atoms with Crippen LogP contribution in [0, 0.1) is 5.41 Å². The maximum atomic E-state index is 13.4. The van der Waals surface area contributed by atoms with Crippen LogP contribution in [0.15, 0.2) is 94.5 Å². The molecule has 0 aliphatic heterocycles. The molecule has 1 aromatic carbocycles. The van der Waals surface area contributed by atoms with Gasteiger partial charge in [0.15, 0.2) is 4.34 Å². The molecule has 39 heavy (non-hydrogen) atoms. The van der Waals surface area contributed by atoms with E-state index in [-0.39, 0.29) is 28.5 Å². The fraction of sp³-hybridized carbons (Fsp3) is 0.0741. The van der Waals surface area contributed by atoms with Gasteiger partial charge in [0.25, 0.3) is 11.5 Å². The van der Waals surface area contributed by atoms with Gasteiger partial charge in [0.05, 0.1) is 17.5 Å². The Morgan fingerprint density at radius 2 is 1.79 bits per heavy atom. The largest absolute Gasteiger partial charge is 0.306 e. The number of nitrogens with one attached hydrogen (secondary N) is 2. The summed E-state index contributed by atoms with van der Waals surface area (Å²) < 4.78 is 3.70. The minimum Gasteiger partial charge on any atom is -0.306 e. The Morgan fingerprint density at radius 1 is 1.00 bits per heavy atom. The van der Waals surface area contributed by atoms with Crippen LogP contribution in [-0.4, -0.2) is 35.0 Å². The lowest BCUT2D eigenvalue weighted by molar-refractivity contribution is 0.102. The van der Waals surface area contributed by atoms with Gasteiger partial charge in [-0.1, -0.05) is 59.5 Å². The molecule has 5 heterocycles. The van der Waals surface area contributed by atoms with E-state index in [1.165, 1.54) is 33.6 Å². The maximum Gasteiger partial charge on any atom is 0.267 e. The highest BCUT2D eigenvalue weighted by Gasteiger charge is 2.19. The first-order valence-corrected chi connectivity index (χ1v) is 13.7. The van der Waals surface area contributed by atoms with Gasteiger partial charge >= 0.3 is 0 Å². The minimum absolute atomic E-state index is 0.0278. The summed E-state index contributed by atoms with van der Waals surface area (Å²) in [4.78, 5) is 35.5. The Hall–Kier alpha value is -4.68. The highest BCUT2D eigenvalue weighted by molar-refractivity contribution is 8.00. The van der Waals surface area contributed by atoms with E-state index in [0.29, 0.717) is 20.8 Å². The van der Waals surface area contributed by atoms with Gasteiger partial charge in [0.2, 0.25) is 5.13 Å². The van der Waals surface area contributed by atoms with Gasteiger partial charge in [-0.15, -0.1) is 10.2 Å². The predicted octanol–water partition coefficient (Wildman–Crippen LogP) is 3.97. The van der Waals surface area contributed by atoms with Gasteiger partial charge in [-0.3, -0.25) is 29.7 Å². The monoisotopic (exact) mass is 552 g/mol. The maximum absolute atomic E-state index is 13.4. The van der Waals surface area contributed by atoms with Gasteiger partial charge in [-0.25, -0.2) is 4.98 Å². The van der Waals surface area contributed by atoms with Gasteiger partial charge in [-0.05, 0) is 41.5 Å². The second-order valence-electron chi connectivity index (χ2n) is 8.53. The first-order valence-electron chi connectivity index (χ1n) is 11.9. The van der Waals surface area contributed by atoms with Crippen LogP contribution in [0.2, 0.25) is 0 Å². The number of nitrogens with zero attached hydrogens (tertiary/aromatic N) is 6. The third-order valence-electron chi connectivity index (χ3n) is 5.99. The van der Waals surface area contributed by atoms with Crippen molar-refractivity contribution in [3.63, 3.8) is 0 Å². The minimum atomic E-state index is -0.557. The SMILES string of the molecule is N=c1c(C(=O)Nc2nnc(SCc3ccccc3)s2)cc2c(=O)n3ccccc3nc2n1Cc1ccncc1. The van der Waals surface area contributed by atoms with Crippen molar-refractivity contribution in [1.29, 1.82) is 5.41 Å². The molecule has 6 aromatic rings. The number of anilines is 1. The molecular weight excluding hydrogens is 532 g/mol. The average Bonchev–Trinajstić information content (AvgIpc) is 3.42. The molecule has 2 N–H and O–H groups in total. The highest BCUT2D eigenvalue weighted by Crippen LogP contribution is 2.28. The Morgan fingerprint density at radius 3 is 2.62 bits per heavy atom. The molecule has 5 aromatic heterocycles. The molecule has 192 valence electrons. The smallest absolute Gasteiger partial charge is 0.267 e. The number of carbonyl (C=O) groups is 1. The molecule has 0 saturated heterocycles. The van der Waals surface area contributed by atoms with Gasteiger partial charge in [0.1, 0.15) is 16.8 Å². The number of carbonyl (C=O) groups excluding carboxylic acids is 1. The number of hydrogen-bond donors (Lipinski definition) is 2. The van der Waals surface area contributed by atoms with E-state index in [9.17, 15) is 9.59 Å². The van der Waals surface area contributed by atoms with E-state index in [0.717, 1.165) is 16.9 Å². The van der Waals surface area contributed by atoms with Gasteiger partial charge < -0.3 is 4.57 Å². The lowest BCUT2D eigenvalue weighted by atomic mass is 10.1. The third-order valence-corrected chi connectivity index (χ3v) is 8.03. The summed E-state index contributed by atoms with van der Waals surface area (Å²) in [6.07, 6.45) is 4.93. The van der Waals surface area contributed by atoms with Crippen molar-refractivity contribution in [2.75, 3.05) is 5.32 Å². The zero-order valence-electron chi connectivity index (χ0n) is 20.3. The van der Waals surface area contributed by atoms with Crippen molar-refractivity contribution in [2.45, 2.75) is 16.6 Å². The molecule has 0 atom stereocenters. The summed E-state index contributed by atoms with van der Waals surface area (Å²) >= 11 is 2.78. The van der Waals surface area contributed by atoms with Crippen molar-refractivity contribution < 1.29 is 4.79 Å². The molecule has 6 rings (SSSR count). The van der Waals surface area contributed by atoms with Crippen molar-refractivity contribution >= 4 is 50.8 Å². The molecule has 0 aliphatic rings. The first kappa shape index (κ1) is 24.6. The van der Waals surface area contributed by atoms with Crippen molar-refractivity contribution in [1.82, 2.24) is 29.1 Å². The molecule has 0 aliphatic carbocycles. The van der Waals surface area contributed by atoms with Crippen LogP contribution in [0.25, 0.3) is 16.7 Å². The second kappa shape index (κ2) is 10.6. The topological polar surface area (TPSA) is 131 Å². The predicted molar refractivity (Wildman–Crippen MR) is 150 cm³/mol. The van der Waals surface area contributed by atoms with Crippen molar-refractivity contribution in [3.05, 3.63) is 118 Å². The lowest BCUT2D eigenvalue weighted by Gasteiger charge is -2.14. The number of amides is 1.